The maximum atomic E-state index is 13.6. The maximum absolute atomic E-state index is 13.6. The van der Waals surface area contributed by atoms with Crippen molar-refractivity contribution >= 4 is 23.2 Å². The molecule has 0 aliphatic rings. The van der Waals surface area contributed by atoms with Gasteiger partial charge >= 0.3 is 5.97 Å². The van der Waals surface area contributed by atoms with E-state index in [9.17, 15) is 14.0 Å². The van der Waals surface area contributed by atoms with Crippen LogP contribution in [0.3, 0.4) is 0 Å². The second-order valence-electron chi connectivity index (χ2n) is 3.74. The average Bonchev–Trinajstić information content (AvgIpc) is 2.90. The Morgan fingerprint density at radius 1 is 1.21 bits per heavy atom. The number of carbonyl (C=O) groups excluding carboxylic acids is 1. The third-order valence-corrected chi connectivity index (χ3v) is 3.35. The lowest BCUT2D eigenvalue weighted by Gasteiger charge is -2.14. The topological polar surface area (TPSA) is 66.4 Å². The highest BCUT2D eigenvalue weighted by molar-refractivity contribution is 7.12. The molecule has 6 heteroatoms. The van der Waals surface area contributed by atoms with Gasteiger partial charge in [0.15, 0.2) is 6.04 Å². The molecule has 0 spiro atoms. The van der Waals surface area contributed by atoms with E-state index in [-0.39, 0.29) is 5.56 Å². The minimum atomic E-state index is -1.41. The highest BCUT2D eigenvalue weighted by Crippen LogP contribution is 2.18. The molecule has 1 heterocycles. The molecule has 1 aromatic heterocycles. The molecule has 2 aromatic rings. The minimum Gasteiger partial charge on any atom is -0.479 e. The molecule has 2 rings (SSSR count). The highest BCUT2D eigenvalue weighted by atomic mass is 32.1. The smallest absolute Gasteiger partial charge is 0.331 e. The molecule has 1 aromatic carbocycles. The number of halogens is 1. The van der Waals surface area contributed by atoms with E-state index in [0.29, 0.717) is 4.88 Å². The van der Waals surface area contributed by atoms with Crippen molar-refractivity contribution in [2.75, 3.05) is 0 Å². The molecule has 1 atom stereocenters. The normalized spacial score (nSPS) is 11.8. The molecule has 1 unspecified atom stereocenters. The Morgan fingerprint density at radius 2 is 1.95 bits per heavy atom. The molecule has 0 fully saturated rings. The second-order valence-corrected chi connectivity index (χ2v) is 4.69. The van der Waals surface area contributed by atoms with Crippen LogP contribution in [0.2, 0.25) is 0 Å². The average molecular weight is 279 g/mol. The summed E-state index contributed by atoms with van der Waals surface area (Å²) in [5.74, 6) is -2.51. The number of rotatable bonds is 4. The zero-order valence-corrected chi connectivity index (χ0v) is 10.5. The number of thiophene rings is 1. The minimum absolute atomic E-state index is 0.0695. The summed E-state index contributed by atoms with van der Waals surface area (Å²) in [6, 6.07) is 7.31. The van der Waals surface area contributed by atoms with E-state index in [0.717, 1.165) is 6.07 Å². The summed E-state index contributed by atoms with van der Waals surface area (Å²) in [6.45, 7) is 0. The van der Waals surface area contributed by atoms with Crippen LogP contribution in [0.5, 0.6) is 0 Å². The molecule has 0 saturated heterocycles. The molecule has 98 valence electrons. The molecule has 0 bridgehead atoms. The van der Waals surface area contributed by atoms with E-state index in [1.807, 2.05) is 0 Å². The van der Waals surface area contributed by atoms with Gasteiger partial charge in [-0.25, -0.2) is 9.18 Å². The number of amides is 1. The van der Waals surface area contributed by atoms with Crippen LogP contribution in [0.1, 0.15) is 21.3 Å². The first kappa shape index (κ1) is 13.2. The summed E-state index contributed by atoms with van der Waals surface area (Å²) in [6.07, 6.45) is 0. The van der Waals surface area contributed by atoms with Crippen molar-refractivity contribution in [3.05, 3.63) is 58.0 Å². The maximum Gasteiger partial charge on any atom is 0.331 e. The molecule has 0 aliphatic heterocycles. The predicted octanol–water partition coefficient (Wildman–Crippen LogP) is 2.44. The zero-order valence-electron chi connectivity index (χ0n) is 9.67. The molecular formula is C13H10FNO3S. The van der Waals surface area contributed by atoms with Crippen molar-refractivity contribution in [3.63, 3.8) is 0 Å². The number of hydrogen-bond donors (Lipinski definition) is 2. The van der Waals surface area contributed by atoms with Crippen molar-refractivity contribution in [1.82, 2.24) is 5.32 Å². The summed E-state index contributed by atoms with van der Waals surface area (Å²) in [5.41, 5.74) is -0.0695. The van der Waals surface area contributed by atoms with Crippen LogP contribution in [0.15, 0.2) is 41.8 Å². The van der Waals surface area contributed by atoms with Gasteiger partial charge in [-0.3, -0.25) is 4.79 Å². The van der Waals surface area contributed by atoms with Crippen molar-refractivity contribution in [3.8, 4) is 0 Å². The van der Waals surface area contributed by atoms with Crippen LogP contribution in [-0.2, 0) is 4.79 Å². The number of carboxylic acid groups (broad SMARTS) is 1. The second kappa shape index (κ2) is 5.62. The van der Waals surface area contributed by atoms with Crippen molar-refractivity contribution in [1.29, 1.82) is 0 Å². The number of nitrogens with one attached hydrogen (secondary N) is 1. The van der Waals surface area contributed by atoms with Crippen LogP contribution in [0, 0.1) is 5.82 Å². The van der Waals surface area contributed by atoms with Crippen molar-refractivity contribution in [2.24, 2.45) is 0 Å². The van der Waals surface area contributed by atoms with Crippen molar-refractivity contribution < 1.29 is 19.1 Å². The van der Waals surface area contributed by atoms with E-state index in [4.69, 9.17) is 5.11 Å². The van der Waals surface area contributed by atoms with Gasteiger partial charge in [0.05, 0.1) is 4.88 Å². The van der Waals surface area contributed by atoms with Crippen LogP contribution >= 0.6 is 11.3 Å². The summed E-state index contributed by atoms with van der Waals surface area (Å²) in [4.78, 5) is 23.4. The lowest BCUT2D eigenvalue weighted by molar-refractivity contribution is -0.139. The predicted molar refractivity (Wildman–Crippen MR) is 68.6 cm³/mol. The van der Waals surface area contributed by atoms with E-state index in [2.05, 4.69) is 5.32 Å². The first-order chi connectivity index (χ1) is 9.09. The highest BCUT2D eigenvalue weighted by Gasteiger charge is 2.25. The van der Waals surface area contributed by atoms with Gasteiger partial charge in [-0.15, -0.1) is 11.3 Å². The summed E-state index contributed by atoms with van der Waals surface area (Å²) < 4.78 is 13.6. The van der Waals surface area contributed by atoms with Crippen LogP contribution in [0.4, 0.5) is 4.39 Å². The SMILES string of the molecule is O=C(NC(C(=O)O)c1ccccc1F)c1cccs1. The van der Waals surface area contributed by atoms with Crippen LogP contribution < -0.4 is 5.32 Å². The van der Waals surface area contributed by atoms with E-state index < -0.39 is 23.7 Å². The molecule has 0 radical (unpaired) electrons. The Labute approximate surface area is 112 Å². The van der Waals surface area contributed by atoms with Crippen molar-refractivity contribution in [2.45, 2.75) is 6.04 Å². The first-order valence-electron chi connectivity index (χ1n) is 5.41. The Balaban J connectivity index is 2.25. The number of carbonyl (C=O) groups is 2. The number of aliphatic carboxylic acids is 1. The Bertz CT molecular complexity index is 598. The fourth-order valence-corrected chi connectivity index (χ4v) is 2.22. The third kappa shape index (κ3) is 2.97. The fraction of sp³-hybridized carbons (Fsp3) is 0.0769. The van der Waals surface area contributed by atoms with Crippen LogP contribution in [0.25, 0.3) is 0 Å². The quantitative estimate of drug-likeness (QED) is 0.903. The van der Waals surface area contributed by atoms with E-state index >= 15 is 0 Å². The van der Waals surface area contributed by atoms with Gasteiger partial charge in [-0.05, 0) is 17.5 Å². The zero-order chi connectivity index (χ0) is 13.8. The number of hydrogen-bond acceptors (Lipinski definition) is 3. The lowest BCUT2D eigenvalue weighted by atomic mass is 10.1. The Kier molecular flexibility index (Phi) is 3.91. The summed E-state index contributed by atoms with van der Waals surface area (Å²) >= 11 is 1.19. The largest absolute Gasteiger partial charge is 0.479 e. The number of benzene rings is 1. The number of carboxylic acids is 1. The van der Waals surface area contributed by atoms with E-state index in [1.165, 1.54) is 29.5 Å². The molecule has 4 nitrogen and oxygen atoms in total. The van der Waals surface area contributed by atoms with Gasteiger partial charge in [0.2, 0.25) is 0 Å². The molecule has 0 saturated carbocycles. The Morgan fingerprint density at radius 3 is 2.53 bits per heavy atom. The van der Waals surface area contributed by atoms with Crippen LogP contribution in [-0.4, -0.2) is 17.0 Å². The van der Waals surface area contributed by atoms with Gasteiger partial charge in [0.1, 0.15) is 5.82 Å². The van der Waals surface area contributed by atoms with E-state index in [1.54, 1.807) is 17.5 Å². The van der Waals surface area contributed by atoms with Gasteiger partial charge in [0.25, 0.3) is 5.91 Å². The van der Waals surface area contributed by atoms with Gasteiger partial charge in [-0.1, -0.05) is 24.3 Å². The van der Waals surface area contributed by atoms with Gasteiger partial charge in [-0.2, -0.15) is 0 Å². The molecular weight excluding hydrogens is 269 g/mol. The third-order valence-electron chi connectivity index (χ3n) is 2.48. The molecule has 1 amide bonds. The molecule has 2 N–H and O–H groups in total. The monoisotopic (exact) mass is 279 g/mol. The fourth-order valence-electron chi connectivity index (χ4n) is 1.59. The van der Waals surface area contributed by atoms with Gasteiger partial charge in [0, 0.05) is 5.56 Å². The first-order valence-corrected chi connectivity index (χ1v) is 6.29. The molecule has 19 heavy (non-hydrogen) atoms. The lowest BCUT2D eigenvalue weighted by Crippen LogP contribution is -2.33. The summed E-state index contributed by atoms with van der Waals surface area (Å²) in [7, 11) is 0. The van der Waals surface area contributed by atoms with Gasteiger partial charge < -0.3 is 10.4 Å². The Hall–Kier alpha value is -2.21. The summed E-state index contributed by atoms with van der Waals surface area (Å²) in [5, 5.41) is 13.1. The molecule has 0 aliphatic carbocycles. The standard InChI is InChI=1S/C13H10FNO3S/c14-9-5-2-1-4-8(9)11(13(17)18)15-12(16)10-6-3-7-19-10/h1-7,11H,(H,15,16)(H,17,18).